The van der Waals surface area contributed by atoms with E-state index in [4.69, 9.17) is 23.2 Å². The van der Waals surface area contributed by atoms with Gasteiger partial charge in [0, 0.05) is 0 Å². The monoisotopic (exact) mass is 275 g/mol. The molecule has 0 saturated heterocycles. The van der Waals surface area contributed by atoms with Crippen LogP contribution in [0.4, 0.5) is 5.69 Å². The molecule has 0 heterocycles. The van der Waals surface area contributed by atoms with Crippen LogP contribution in [-0.4, -0.2) is 24.4 Å². The first-order valence-electron chi connectivity index (χ1n) is 4.78. The lowest BCUT2D eigenvalue weighted by molar-refractivity contribution is -0.115. The van der Waals surface area contributed by atoms with Crippen molar-refractivity contribution in [1.29, 1.82) is 0 Å². The second-order valence-corrected chi connectivity index (χ2v) is 4.35. The molecule has 0 fully saturated rings. The Hall–Kier alpha value is -1.26. The highest BCUT2D eigenvalue weighted by Gasteiger charge is 2.13. The zero-order valence-electron chi connectivity index (χ0n) is 9.29. The normalized spacial score (nSPS) is 11.8. The fraction of sp³-hybridized carbons (Fsp3) is 0.273. The van der Waals surface area contributed by atoms with Crippen molar-refractivity contribution < 1.29 is 14.3 Å². The van der Waals surface area contributed by atoms with Gasteiger partial charge in [-0.05, 0) is 25.1 Å². The number of ether oxygens (including phenoxy) is 1. The molecule has 0 aliphatic heterocycles. The number of hydrogen-bond acceptors (Lipinski definition) is 3. The molecule has 4 nitrogen and oxygen atoms in total. The average Bonchev–Trinajstić information content (AvgIpc) is 2.30. The molecular formula is C11H11Cl2NO3. The Balaban J connectivity index is 2.99. The number of rotatable bonds is 3. The Morgan fingerprint density at radius 2 is 2.06 bits per heavy atom. The summed E-state index contributed by atoms with van der Waals surface area (Å²) in [6, 6.07) is 4.45. The summed E-state index contributed by atoms with van der Waals surface area (Å²) < 4.78 is 4.56. The summed E-state index contributed by atoms with van der Waals surface area (Å²) in [7, 11) is 1.27. The quantitative estimate of drug-likeness (QED) is 0.682. The van der Waals surface area contributed by atoms with E-state index in [9.17, 15) is 9.59 Å². The van der Waals surface area contributed by atoms with E-state index in [0.29, 0.717) is 16.3 Å². The number of halogens is 2. The summed E-state index contributed by atoms with van der Waals surface area (Å²) in [6.45, 7) is 1.54. The highest BCUT2D eigenvalue weighted by molar-refractivity contribution is 6.35. The molecular weight excluding hydrogens is 265 g/mol. The summed E-state index contributed by atoms with van der Waals surface area (Å²) in [6.07, 6.45) is 0. The fourth-order valence-corrected chi connectivity index (χ4v) is 1.32. The van der Waals surface area contributed by atoms with Gasteiger partial charge in [-0.1, -0.05) is 11.6 Å². The smallest absolute Gasteiger partial charge is 0.337 e. The van der Waals surface area contributed by atoms with Crippen molar-refractivity contribution in [3.05, 3.63) is 28.8 Å². The van der Waals surface area contributed by atoms with Crippen LogP contribution in [0.15, 0.2) is 18.2 Å². The molecule has 1 N–H and O–H groups in total. The Kier molecular flexibility index (Phi) is 4.78. The van der Waals surface area contributed by atoms with E-state index in [-0.39, 0.29) is 0 Å². The number of alkyl halides is 1. The predicted molar refractivity (Wildman–Crippen MR) is 66.7 cm³/mol. The molecule has 1 amide bonds. The van der Waals surface area contributed by atoms with Gasteiger partial charge in [0.15, 0.2) is 0 Å². The standard InChI is InChI=1S/C11H11Cl2NO3/c1-6(12)10(15)14-9-5-7(11(16)17-2)3-4-8(9)13/h3-6H,1-2H3,(H,14,15). The highest BCUT2D eigenvalue weighted by Crippen LogP contribution is 2.23. The lowest BCUT2D eigenvalue weighted by Crippen LogP contribution is -2.20. The molecule has 0 bridgehead atoms. The Morgan fingerprint density at radius 3 is 2.59 bits per heavy atom. The Bertz CT molecular complexity index is 446. The summed E-state index contributed by atoms with van der Waals surface area (Å²) in [4.78, 5) is 22.7. The number of esters is 1. The molecule has 6 heteroatoms. The van der Waals surface area contributed by atoms with Gasteiger partial charge in [0.25, 0.3) is 0 Å². The Labute approximate surface area is 109 Å². The molecule has 1 unspecified atom stereocenters. The topological polar surface area (TPSA) is 55.4 Å². The van der Waals surface area contributed by atoms with E-state index < -0.39 is 17.3 Å². The maximum absolute atomic E-state index is 11.4. The van der Waals surface area contributed by atoms with Crippen molar-refractivity contribution >= 4 is 40.8 Å². The summed E-state index contributed by atoms with van der Waals surface area (Å²) in [5.41, 5.74) is 0.626. The van der Waals surface area contributed by atoms with Gasteiger partial charge in [0.2, 0.25) is 5.91 Å². The van der Waals surface area contributed by atoms with Crippen molar-refractivity contribution in [3.63, 3.8) is 0 Å². The van der Waals surface area contributed by atoms with Crippen molar-refractivity contribution in [2.75, 3.05) is 12.4 Å². The number of anilines is 1. The number of benzene rings is 1. The van der Waals surface area contributed by atoms with Crippen LogP contribution < -0.4 is 5.32 Å². The lowest BCUT2D eigenvalue weighted by atomic mass is 10.2. The van der Waals surface area contributed by atoms with Crippen LogP contribution in [0.25, 0.3) is 0 Å². The fourth-order valence-electron chi connectivity index (χ4n) is 1.10. The molecule has 0 radical (unpaired) electrons. The lowest BCUT2D eigenvalue weighted by Gasteiger charge is -2.09. The number of methoxy groups -OCH3 is 1. The van der Waals surface area contributed by atoms with Crippen LogP contribution in [0.3, 0.4) is 0 Å². The van der Waals surface area contributed by atoms with Crippen LogP contribution in [-0.2, 0) is 9.53 Å². The van der Waals surface area contributed by atoms with Gasteiger partial charge < -0.3 is 10.1 Å². The minimum Gasteiger partial charge on any atom is -0.465 e. The first-order chi connectivity index (χ1) is 7.95. The number of hydrogen-bond donors (Lipinski definition) is 1. The van der Waals surface area contributed by atoms with Gasteiger partial charge in [-0.25, -0.2) is 4.79 Å². The minimum absolute atomic E-state index is 0.300. The first-order valence-corrected chi connectivity index (χ1v) is 5.60. The highest BCUT2D eigenvalue weighted by atomic mass is 35.5. The van der Waals surface area contributed by atoms with Crippen molar-refractivity contribution in [2.45, 2.75) is 12.3 Å². The zero-order valence-corrected chi connectivity index (χ0v) is 10.8. The largest absolute Gasteiger partial charge is 0.465 e. The maximum Gasteiger partial charge on any atom is 0.337 e. The molecule has 0 saturated carbocycles. The predicted octanol–water partition coefficient (Wildman–Crippen LogP) is 2.69. The molecule has 1 atom stereocenters. The first kappa shape index (κ1) is 13.8. The number of nitrogens with one attached hydrogen (secondary N) is 1. The number of amides is 1. The van der Waals surface area contributed by atoms with Gasteiger partial charge in [-0.2, -0.15) is 0 Å². The number of carbonyl (C=O) groups is 2. The van der Waals surface area contributed by atoms with E-state index in [1.807, 2.05) is 0 Å². The van der Waals surface area contributed by atoms with E-state index in [1.54, 1.807) is 0 Å². The maximum atomic E-state index is 11.4. The third-order valence-electron chi connectivity index (χ3n) is 2.01. The molecule has 0 spiro atoms. The van der Waals surface area contributed by atoms with Crippen LogP contribution in [0.1, 0.15) is 17.3 Å². The third kappa shape index (κ3) is 3.61. The average molecular weight is 276 g/mol. The molecule has 0 aromatic heterocycles. The summed E-state index contributed by atoms with van der Waals surface area (Å²) >= 11 is 11.5. The third-order valence-corrected chi connectivity index (χ3v) is 2.53. The molecule has 0 aliphatic rings. The molecule has 1 aromatic rings. The molecule has 0 aliphatic carbocycles. The van der Waals surface area contributed by atoms with E-state index >= 15 is 0 Å². The Morgan fingerprint density at radius 1 is 1.41 bits per heavy atom. The van der Waals surface area contributed by atoms with Crippen LogP contribution in [0.5, 0.6) is 0 Å². The van der Waals surface area contributed by atoms with E-state index in [1.165, 1.54) is 32.2 Å². The van der Waals surface area contributed by atoms with Gasteiger partial charge in [-0.3, -0.25) is 4.79 Å². The second kappa shape index (κ2) is 5.89. The van der Waals surface area contributed by atoms with E-state index in [0.717, 1.165) is 0 Å². The van der Waals surface area contributed by atoms with Gasteiger partial charge in [0.1, 0.15) is 5.38 Å². The van der Waals surface area contributed by atoms with E-state index in [2.05, 4.69) is 10.1 Å². The zero-order chi connectivity index (χ0) is 13.0. The van der Waals surface area contributed by atoms with Crippen molar-refractivity contribution in [3.8, 4) is 0 Å². The van der Waals surface area contributed by atoms with Gasteiger partial charge >= 0.3 is 5.97 Å². The minimum atomic E-state index is -0.687. The molecule has 17 heavy (non-hydrogen) atoms. The summed E-state index contributed by atoms with van der Waals surface area (Å²) in [5.74, 6) is -0.897. The van der Waals surface area contributed by atoms with Crippen LogP contribution in [0, 0.1) is 0 Å². The van der Waals surface area contributed by atoms with Crippen LogP contribution in [0.2, 0.25) is 5.02 Å². The van der Waals surface area contributed by atoms with Gasteiger partial charge in [0.05, 0.1) is 23.4 Å². The second-order valence-electron chi connectivity index (χ2n) is 3.29. The van der Waals surface area contributed by atoms with Crippen LogP contribution >= 0.6 is 23.2 Å². The molecule has 92 valence electrons. The van der Waals surface area contributed by atoms with Crippen molar-refractivity contribution in [2.24, 2.45) is 0 Å². The number of carbonyl (C=O) groups excluding carboxylic acids is 2. The summed E-state index contributed by atoms with van der Waals surface area (Å²) in [5, 5.41) is 2.15. The molecule has 1 aromatic carbocycles. The van der Waals surface area contributed by atoms with Crippen molar-refractivity contribution in [1.82, 2.24) is 0 Å². The van der Waals surface area contributed by atoms with Gasteiger partial charge in [-0.15, -0.1) is 11.6 Å². The molecule has 1 rings (SSSR count). The SMILES string of the molecule is COC(=O)c1ccc(Cl)c(NC(=O)C(C)Cl)c1.